The van der Waals surface area contributed by atoms with Crippen molar-refractivity contribution in [1.82, 2.24) is 19.9 Å². The number of hydrogen-bond donors (Lipinski definition) is 2. The standard InChI is InChI=1S/C23H25ClN4O6S/c1-12(16-8-4-6-15-7-5-9-17(15)16)20(22-26-27-23(30)34-22)28-35(31,32)19-11-10-18(24)21(25-19)13(2)33-14(3)29/h4,6,8,10-13,20,28H,5,7,9H2,1-3H3,(H,27,30). The van der Waals surface area contributed by atoms with Crippen molar-refractivity contribution >= 4 is 27.6 Å². The van der Waals surface area contributed by atoms with Crippen molar-refractivity contribution in [3.05, 3.63) is 74.2 Å². The highest BCUT2D eigenvalue weighted by atomic mass is 35.5. The molecular weight excluding hydrogens is 496 g/mol. The van der Waals surface area contributed by atoms with Crippen LogP contribution in [0.3, 0.4) is 0 Å². The van der Waals surface area contributed by atoms with Gasteiger partial charge < -0.3 is 9.15 Å². The first-order valence-corrected chi connectivity index (χ1v) is 12.9. The van der Waals surface area contributed by atoms with Gasteiger partial charge in [-0.3, -0.25) is 4.79 Å². The zero-order valence-corrected chi connectivity index (χ0v) is 20.9. The number of nitrogens with zero attached hydrogens (tertiary/aromatic N) is 2. The van der Waals surface area contributed by atoms with Gasteiger partial charge in [0.05, 0.1) is 5.02 Å². The number of nitrogens with one attached hydrogen (secondary N) is 2. The van der Waals surface area contributed by atoms with E-state index in [1.54, 1.807) is 6.92 Å². The minimum absolute atomic E-state index is 0.0934. The third-order valence-corrected chi connectivity index (χ3v) is 7.69. The van der Waals surface area contributed by atoms with E-state index in [4.69, 9.17) is 20.8 Å². The molecular formula is C23H25ClN4O6S. The van der Waals surface area contributed by atoms with Crippen LogP contribution in [0.15, 0.2) is 44.6 Å². The number of hydrogen-bond acceptors (Lipinski definition) is 8. The second-order valence-corrected chi connectivity index (χ2v) is 10.5. The number of aromatic amines is 1. The molecule has 3 aromatic rings. The minimum atomic E-state index is -4.24. The van der Waals surface area contributed by atoms with Crippen molar-refractivity contribution in [2.45, 2.75) is 63.1 Å². The maximum Gasteiger partial charge on any atom is 0.434 e. The molecule has 3 unspecified atom stereocenters. The summed E-state index contributed by atoms with van der Waals surface area (Å²) in [6, 6.07) is 7.56. The highest BCUT2D eigenvalue weighted by Gasteiger charge is 2.34. The zero-order chi connectivity index (χ0) is 25.3. The third kappa shape index (κ3) is 5.31. The Morgan fingerprint density at radius 2 is 2.00 bits per heavy atom. The van der Waals surface area contributed by atoms with Crippen molar-refractivity contribution in [2.75, 3.05) is 0 Å². The van der Waals surface area contributed by atoms with Gasteiger partial charge in [0.1, 0.15) is 17.8 Å². The number of rotatable bonds is 8. The lowest BCUT2D eigenvalue weighted by atomic mass is 9.88. The third-order valence-electron chi connectivity index (χ3n) is 6.03. The minimum Gasteiger partial charge on any atom is -0.456 e. The van der Waals surface area contributed by atoms with E-state index in [0.717, 1.165) is 24.8 Å². The second-order valence-electron chi connectivity index (χ2n) is 8.45. The number of carbonyl (C=O) groups excluding carboxylic acids is 1. The number of H-pyrrole nitrogens is 1. The Bertz CT molecular complexity index is 1420. The summed E-state index contributed by atoms with van der Waals surface area (Å²) >= 11 is 6.18. The molecule has 0 saturated carbocycles. The van der Waals surface area contributed by atoms with Crippen LogP contribution in [0, 0.1) is 0 Å². The van der Waals surface area contributed by atoms with E-state index in [9.17, 15) is 18.0 Å². The van der Waals surface area contributed by atoms with Crippen LogP contribution >= 0.6 is 11.6 Å². The molecule has 0 fully saturated rings. The average Bonchev–Trinajstić information content (AvgIpc) is 3.45. The van der Waals surface area contributed by atoms with Crippen LogP contribution in [-0.4, -0.2) is 29.6 Å². The molecule has 12 heteroatoms. The predicted octanol–water partition coefficient (Wildman–Crippen LogP) is 3.35. The summed E-state index contributed by atoms with van der Waals surface area (Å²) in [5.41, 5.74) is 3.44. The van der Waals surface area contributed by atoms with Crippen LogP contribution in [0.2, 0.25) is 5.02 Å². The van der Waals surface area contributed by atoms with Gasteiger partial charge in [-0.15, -0.1) is 5.10 Å². The van der Waals surface area contributed by atoms with Crippen molar-refractivity contribution in [3.63, 3.8) is 0 Å². The van der Waals surface area contributed by atoms with Crippen LogP contribution in [0.4, 0.5) is 0 Å². The molecule has 10 nitrogen and oxygen atoms in total. The summed E-state index contributed by atoms with van der Waals surface area (Å²) in [5.74, 6) is -1.86. The number of ether oxygens (including phenoxy) is 1. The lowest BCUT2D eigenvalue weighted by molar-refractivity contribution is -0.146. The lowest BCUT2D eigenvalue weighted by Gasteiger charge is -2.24. The van der Waals surface area contributed by atoms with Crippen LogP contribution in [-0.2, 0) is 32.4 Å². The molecule has 2 N–H and O–H groups in total. The fraction of sp³-hybridized carbons (Fsp3) is 0.391. The first kappa shape index (κ1) is 25.1. The zero-order valence-electron chi connectivity index (χ0n) is 19.4. The van der Waals surface area contributed by atoms with Crippen molar-refractivity contribution in [2.24, 2.45) is 0 Å². The number of sulfonamides is 1. The molecule has 0 spiro atoms. The quantitative estimate of drug-likeness (QED) is 0.430. The SMILES string of the molecule is CC(=O)OC(C)c1nc(S(=O)(=O)NC(c2n[nH]c(=O)o2)C(C)c2cccc3c2CCC3)ccc1Cl. The average molecular weight is 521 g/mol. The van der Waals surface area contributed by atoms with E-state index in [-0.39, 0.29) is 21.6 Å². The highest BCUT2D eigenvalue weighted by Crippen LogP contribution is 2.37. The molecule has 0 radical (unpaired) electrons. The summed E-state index contributed by atoms with van der Waals surface area (Å²) in [6.45, 7) is 4.62. The van der Waals surface area contributed by atoms with Crippen LogP contribution < -0.4 is 10.5 Å². The molecule has 1 aromatic carbocycles. The summed E-state index contributed by atoms with van der Waals surface area (Å²) in [4.78, 5) is 27.2. The molecule has 0 aliphatic heterocycles. The summed E-state index contributed by atoms with van der Waals surface area (Å²) < 4.78 is 39.7. The molecule has 3 atom stereocenters. The largest absolute Gasteiger partial charge is 0.456 e. The van der Waals surface area contributed by atoms with Gasteiger partial charge in [-0.25, -0.2) is 23.3 Å². The number of pyridine rings is 1. The van der Waals surface area contributed by atoms with E-state index in [2.05, 4.69) is 26.0 Å². The number of carbonyl (C=O) groups is 1. The van der Waals surface area contributed by atoms with Gasteiger partial charge in [-0.2, -0.15) is 4.72 Å². The normalized spacial score (nSPS) is 15.9. The molecule has 2 aromatic heterocycles. The molecule has 0 bridgehead atoms. The molecule has 186 valence electrons. The van der Waals surface area contributed by atoms with E-state index >= 15 is 0 Å². The number of aryl methyl sites for hydroxylation is 1. The van der Waals surface area contributed by atoms with Gasteiger partial charge in [0.25, 0.3) is 10.0 Å². The van der Waals surface area contributed by atoms with Gasteiger partial charge in [-0.05, 0) is 55.0 Å². The Labute approximate surface area is 207 Å². The highest BCUT2D eigenvalue weighted by molar-refractivity contribution is 7.89. The monoisotopic (exact) mass is 520 g/mol. The topological polar surface area (TPSA) is 144 Å². The number of halogens is 1. The van der Waals surface area contributed by atoms with Gasteiger partial charge >= 0.3 is 11.7 Å². The predicted molar refractivity (Wildman–Crippen MR) is 126 cm³/mol. The summed E-state index contributed by atoms with van der Waals surface area (Å²) in [6.07, 6.45) is 2.00. The molecule has 0 amide bonds. The van der Waals surface area contributed by atoms with Crippen molar-refractivity contribution < 1.29 is 22.4 Å². The van der Waals surface area contributed by atoms with E-state index in [1.165, 1.54) is 30.2 Å². The maximum atomic E-state index is 13.4. The lowest BCUT2D eigenvalue weighted by Crippen LogP contribution is -2.33. The Morgan fingerprint density at radius 1 is 1.23 bits per heavy atom. The molecule has 4 rings (SSSR count). The molecule has 35 heavy (non-hydrogen) atoms. The first-order valence-electron chi connectivity index (χ1n) is 11.1. The van der Waals surface area contributed by atoms with Crippen molar-refractivity contribution in [1.29, 1.82) is 0 Å². The van der Waals surface area contributed by atoms with E-state index in [0.29, 0.717) is 0 Å². The summed E-state index contributed by atoms with van der Waals surface area (Å²) in [7, 11) is -4.24. The smallest absolute Gasteiger partial charge is 0.434 e. The van der Waals surface area contributed by atoms with E-state index < -0.39 is 39.8 Å². The molecule has 1 aliphatic rings. The Hall–Kier alpha value is -3.02. The maximum absolute atomic E-state index is 13.4. The van der Waals surface area contributed by atoms with E-state index in [1.807, 2.05) is 19.1 Å². The Kier molecular flexibility index (Phi) is 7.11. The number of aromatic nitrogens is 3. The van der Waals surface area contributed by atoms with Gasteiger partial charge in [0.15, 0.2) is 5.03 Å². The second kappa shape index (κ2) is 9.92. The van der Waals surface area contributed by atoms with Crippen LogP contribution in [0.1, 0.15) is 73.5 Å². The van der Waals surface area contributed by atoms with Gasteiger partial charge in [0, 0.05) is 12.8 Å². The molecule has 2 heterocycles. The number of esters is 1. The molecule has 0 saturated heterocycles. The molecule has 1 aliphatic carbocycles. The van der Waals surface area contributed by atoms with Crippen LogP contribution in [0.5, 0.6) is 0 Å². The van der Waals surface area contributed by atoms with Gasteiger partial charge in [0.2, 0.25) is 5.89 Å². The fourth-order valence-corrected chi connectivity index (χ4v) is 5.89. The number of fused-ring (bicyclic) bond motifs is 1. The number of benzene rings is 1. The summed E-state index contributed by atoms with van der Waals surface area (Å²) in [5, 5.41) is 5.92. The van der Waals surface area contributed by atoms with Crippen LogP contribution in [0.25, 0.3) is 0 Å². The first-order chi connectivity index (χ1) is 16.6. The van der Waals surface area contributed by atoms with Gasteiger partial charge in [-0.1, -0.05) is 36.7 Å². The van der Waals surface area contributed by atoms with Crippen molar-refractivity contribution in [3.8, 4) is 0 Å². The Morgan fingerprint density at radius 3 is 2.69 bits per heavy atom. The Balaban J connectivity index is 1.72. The fourth-order valence-electron chi connectivity index (χ4n) is 4.40.